The molecule has 0 radical (unpaired) electrons. The molecule has 0 atom stereocenters. The summed E-state index contributed by atoms with van der Waals surface area (Å²) in [6.45, 7) is 3.45. The van der Waals surface area contributed by atoms with Gasteiger partial charge in [-0.3, -0.25) is 4.98 Å². The quantitative estimate of drug-likeness (QED) is 0.874. The predicted octanol–water partition coefficient (Wildman–Crippen LogP) is 3.15. The topological polar surface area (TPSA) is 34.1 Å². The Bertz CT molecular complexity index is 477. The molecule has 0 bridgehead atoms. The Labute approximate surface area is 108 Å². The SMILES string of the molecule is COCc1ccc(CNc2ccc(C)nc2)cc1. The number of benzene rings is 1. The number of nitrogens with zero attached hydrogens (tertiary/aromatic N) is 1. The summed E-state index contributed by atoms with van der Waals surface area (Å²) in [4.78, 5) is 4.25. The summed E-state index contributed by atoms with van der Waals surface area (Å²) in [6, 6.07) is 12.5. The number of hydrogen-bond donors (Lipinski definition) is 1. The lowest BCUT2D eigenvalue weighted by atomic mass is 10.1. The van der Waals surface area contributed by atoms with Crippen LogP contribution in [0.15, 0.2) is 42.6 Å². The van der Waals surface area contributed by atoms with Crippen molar-refractivity contribution in [2.24, 2.45) is 0 Å². The number of aryl methyl sites for hydroxylation is 1. The molecular weight excluding hydrogens is 224 g/mol. The lowest BCUT2D eigenvalue weighted by Crippen LogP contribution is -2.00. The zero-order valence-corrected chi connectivity index (χ0v) is 10.8. The van der Waals surface area contributed by atoms with E-state index < -0.39 is 0 Å². The van der Waals surface area contributed by atoms with Crippen molar-refractivity contribution in [3.63, 3.8) is 0 Å². The van der Waals surface area contributed by atoms with Crippen molar-refractivity contribution in [2.75, 3.05) is 12.4 Å². The van der Waals surface area contributed by atoms with Gasteiger partial charge in [0.15, 0.2) is 0 Å². The Kier molecular flexibility index (Phi) is 4.31. The Balaban J connectivity index is 1.91. The summed E-state index contributed by atoms with van der Waals surface area (Å²) in [5.74, 6) is 0. The highest BCUT2D eigenvalue weighted by molar-refractivity contribution is 5.41. The molecule has 0 amide bonds. The highest BCUT2D eigenvalue weighted by Crippen LogP contribution is 2.10. The number of nitrogens with one attached hydrogen (secondary N) is 1. The van der Waals surface area contributed by atoms with Crippen LogP contribution in [0, 0.1) is 6.92 Å². The van der Waals surface area contributed by atoms with Crippen LogP contribution in [0.4, 0.5) is 5.69 Å². The molecule has 18 heavy (non-hydrogen) atoms. The molecule has 2 aromatic rings. The summed E-state index contributed by atoms with van der Waals surface area (Å²) < 4.78 is 5.08. The zero-order chi connectivity index (χ0) is 12.8. The third-order valence-electron chi connectivity index (χ3n) is 2.74. The van der Waals surface area contributed by atoms with Gasteiger partial charge in [-0.1, -0.05) is 24.3 Å². The first kappa shape index (κ1) is 12.6. The minimum absolute atomic E-state index is 0.662. The van der Waals surface area contributed by atoms with Gasteiger partial charge in [0.2, 0.25) is 0 Å². The molecule has 94 valence electrons. The van der Waals surface area contributed by atoms with E-state index in [1.54, 1.807) is 7.11 Å². The largest absolute Gasteiger partial charge is 0.380 e. The molecule has 3 nitrogen and oxygen atoms in total. The van der Waals surface area contributed by atoms with E-state index in [0.717, 1.165) is 17.9 Å². The molecule has 0 aliphatic heterocycles. The second-order valence-electron chi connectivity index (χ2n) is 4.29. The van der Waals surface area contributed by atoms with Crippen LogP contribution in [0.25, 0.3) is 0 Å². The van der Waals surface area contributed by atoms with Gasteiger partial charge >= 0.3 is 0 Å². The van der Waals surface area contributed by atoms with Crippen molar-refractivity contribution in [2.45, 2.75) is 20.1 Å². The smallest absolute Gasteiger partial charge is 0.0713 e. The standard InChI is InChI=1S/C15H18N2O/c1-12-3-8-15(10-16-12)17-9-13-4-6-14(7-5-13)11-18-2/h3-8,10,17H,9,11H2,1-2H3. The summed E-state index contributed by atoms with van der Waals surface area (Å²) in [5, 5.41) is 3.35. The fraction of sp³-hybridized carbons (Fsp3) is 0.267. The number of anilines is 1. The molecule has 0 spiro atoms. The van der Waals surface area contributed by atoms with Gasteiger partial charge in [0.25, 0.3) is 0 Å². The van der Waals surface area contributed by atoms with Crippen molar-refractivity contribution in [3.8, 4) is 0 Å². The average Bonchev–Trinajstić information content (AvgIpc) is 2.40. The first-order chi connectivity index (χ1) is 8.78. The normalized spacial score (nSPS) is 10.3. The van der Waals surface area contributed by atoms with Crippen LogP contribution in [-0.4, -0.2) is 12.1 Å². The maximum absolute atomic E-state index is 5.08. The molecule has 3 heteroatoms. The molecule has 0 saturated carbocycles. The third-order valence-corrected chi connectivity index (χ3v) is 2.74. The van der Waals surface area contributed by atoms with Crippen LogP contribution in [0.1, 0.15) is 16.8 Å². The second-order valence-corrected chi connectivity index (χ2v) is 4.29. The fourth-order valence-corrected chi connectivity index (χ4v) is 1.70. The first-order valence-corrected chi connectivity index (χ1v) is 6.01. The van der Waals surface area contributed by atoms with Crippen LogP contribution in [0.2, 0.25) is 0 Å². The van der Waals surface area contributed by atoms with Gasteiger partial charge in [-0.2, -0.15) is 0 Å². The van der Waals surface area contributed by atoms with E-state index in [1.807, 2.05) is 25.3 Å². The monoisotopic (exact) mass is 242 g/mol. The highest BCUT2D eigenvalue weighted by atomic mass is 16.5. The number of hydrogen-bond acceptors (Lipinski definition) is 3. The number of rotatable bonds is 5. The van der Waals surface area contributed by atoms with Crippen molar-refractivity contribution in [1.29, 1.82) is 0 Å². The maximum atomic E-state index is 5.08. The average molecular weight is 242 g/mol. The van der Waals surface area contributed by atoms with Gasteiger partial charge in [-0.25, -0.2) is 0 Å². The van der Waals surface area contributed by atoms with Crippen molar-refractivity contribution in [3.05, 3.63) is 59.4 Å². The Hall–Kier alpha value is -1.87. The molecule has 0 fully saturated rings. The summed E-state index contributed by atoms with van der Waals surface area (Å²) >= 11 is 0. The van der Waals surface area contributed by atoms with E-state index in [0.29, 0.717) is 6.61 Å². The molecule has 1 heterocycles. The Morgan fingerprint density at radius 3 is 2.39 bits per heavy atom. The van der Waals surface area contributed by atoms with Gasteiger partial charge < -0.3 is 10.1 Å². The molecular formula is C15H18N2O. The van der Waals surface area contributed by atoms with E-state index in [-0.39, 0.29) is 0 Å². The minimum Gasteiger partial charge on any atom is -0.380 e. The van der Waals surface area contributed by atoms with Crippen molar-refractivity contribution >= 4 is 5.69 Å². The van der Waals surface area contributed by atoms with E-state index in [1.165, 1.54) is 11.1 Å². The van der Waals surface area contributed by atoms with Crippen LogP contribution in [0.3, 0.4) is 0 Å². The lowest BCUT2D eigenvalue weighted by Gasteiger charge is -2.07. The van der Waals surface area contributed by atoms with E-state index >= 15 is 0 Å². The number of methoxy groups -OCH3 is 1. The van der Waals surface area contributed by atoms with Gasteiger partial charge in [0, 0.05) is 19.3 Å². The van der Waals surface area contributed by atoms with E-state index in [9.17, 15) is 0 Å². The van der Waals surface area contributed by atoms with Crippen LogP contribution >= 0.6 is 0 Å². The van der Waals surface area contributed by atoms with E-state index in [2.05, 4.69) is 34.6 Å². The highest BCUT2D eigenvalue weighted by Gasteiger charge is 1.96. The number of aromatic nitrogens is 1. The summed E-state index contributed by atoms with van der Waals surface area (Å²) in [7, 11) is 1.71. The van der Waals surface area contributed by atoms with Gasteiger partial charge in [-0.15, -0.1) is 0 Å². The molecule has 0 aliphatic carbocycles. The molecule has 0 saturated heterocycles. The number of ether oxygens (including phenoxy) is 1. The lowest BCUT2D eigenvalue weighted by molar-refractivity contribution is 0.185. The number of pyridine rings is 1. The Morgan fingerprint density at radius 2 is 1.78 bits per heavy atom. The van der Waals surface area contributed by atoms with E-state index in [4.69, 9.17) is 4.74 Å². The zero-order valence-electron chi connectivity index (χ0n) is 10.8. The first-order valence-electron chi connectivity index (χ1n) is 6.01. The van der Waals surface area contributed by atoms with Crippen LogP contribution in [-0.2, 0) is 17.9 Å². The summed E-state index contributed by atoms with van der Waals surface area (Å²) in [5.41, 5.74) is 4.51. The molecule has 0 aliphatic rings. The van der Waals surface area contributed by atoms with Crippen molar-refractivity contribution < 1.29 is 4.74 Å². The minimum atomic E-state index is 0.662. The van der Waals surface area contributed by atoms with Gasteiger partial charge in [0.1, 0.15) is 0 Å². The second kappa shape index (κ2) is 6.17. The van der Waals surface area contributed by atoms with Gasteiger partial charge in [-0.05, 0) is 30.2 Å². The third kappa shape index (κ3) is 3.57. The van der Waals surface area contributed by atoms with Crippen LogP contribution < -0.4 is 5.32 Å². The fourth-order valence-electron chi connectivity index (χ4n) is 1.70. The van der Waals surface area contributed by atoms with Crippen molar-refractivity contribution in [1.82, 2.24) is 4.98 Å². The molecule has 0 unspecified atom stereocenters. The summed E-state index contributed by atoms with van der Waals surface area (Å²) in [6.07, 6.45) is 1.86. The molecule has 1 aromatic carbocycles. The molecule has 2 rings (SSSR count). The van der Waals surface area contributed by atoms with Crippen LogP contribution in [0.5, 0.6) is 0 Å². The van der Waals surface area contributed by atoms with Gasteiger partial charge in [0.05, 0.1) is 18.5 Å². The predicted molar refractivity (Wildman–Crippen MR) is 73.5 cm³/mol. The maximum Gasteiger partial charge on any atom is 0.0713 e. The molecule has 1 aromatic heterocycles. The Morgan fingerprint density at radius 1 is 1.06 bits per heavy atom. The molecule has 1 N–H and O–H groups in total.